The van der Waals surface area contributed by atoms with Crippen molar-refractivity contribution in [3.63, 3.8) is 0 Å². The van der Waals surface area contributed by atoms with Gasteiger partial charge < -0.3 is 10.0 Å². The van der Waals surface area contributed by atoms with E-state index in [0.29, 0.717) is 17.5 Å². The fourth-order valence-corrected chi connectivity index (χ4v) is 1.97. The molecule has 0 atom stereocenters. The van der Waals surface area contributed by atoms with E-state index in [4.69, 9.17) is 10.0 Å². The van der Waals surface area contributed by atoms with E-state index < -0.39 is 7.12 Å². The lowest BCUT2D eigenvalue weighted by Crippen LogP contribution is -2.36. The first-order chi connectivity index (χ1) is 7.91. The molecular formula is C13H22BNO2. The Labute approximate surface area is 104 Å². The van der Waals surface area contributed by atoms with Crippen molar-refractivity contribution in [3.05, 3.63) is 29.8 Å². The van der Waals surface area contributed by atoms with E-state index in [2.05, 4.69) is 32.6 Å². The highest BCUT2D eigenvalue weighted by atomic mass is 16.4. The van der Waals surface area contributed by atoms with Crippen LogP contribution < -0.4 is 5.46 Å². The van der Waals surface area contributed by atoms with Crippen molar-refractivity contribution in [2.45, 2.75) is 46.3 Å². The van der Waals surface area contributed by atoms with E-state index in [9.17, 15) is 0 Å². The van der Waals surface area contributed by atoms with Crippen LogP contribution in [-0.2, 0) is 6.54 Å². The maximum absolute atomic E-state index is 9.02. The van der Waals surface area contributed by atoms with Gasteiger partial charge in [-0.05, 0) is 38.7 Å². The van der Waals surface area contributed by atoms with Gasteiger partial charge in [-0.3, -0.25) is 4.90 Å². The average molecular weight is 235 g/mol. The maximum Gasteiger partial charge on any atom is 0.488 e. The molecule has 0 aromatic heterocycles. The Bertz CT molecular complexity index is 328. The standard InChI is InChI=1S/C13H22BNO2/c1-10(2)15(11(3)4)9-12-5-7-13(8-6-12)14(16)17/h5-8,10-11,16-17H,9H2,1-4H3. The van der Waals surface area contributed by atoms with Crippen LogP contribution in [0.3, 0.4) is 0 Å². The molecule has 1 rings (SSSR count). The largest absolute Gasteiger partial charge is 0.488 e. The molecule has 0 saturated carbocycles. The predicted octanol–water partition coefficient (Wildman–Crippen LogP) is 0.985. The molecule has 0 unspecified atom stereocenters. The Hall–Kier alpha value is -0.835. The summed E-state index contributed by atoms with van der Waals surface area (Å²) in [5.41, 5.74) is 1.73. The van der Waals surface area contributed by atoms with Crippen molar-refractivity contribution in [1.29, 1.82) is 0 Å². The second kappa shape index (κ2) is 6.19. The van der Waals surface area contributed by atoms with E-state index in [-0.39, 0.29) is 0 Å². The number of hydrogen-bond donors (Lipinski definition) is 2. The molecule has 0 amide bonds. The SMILES string of the molecule is CC(C)N(Cc1ccc(B(O)O)cc1)C(C)C. The monoisotopic (exact) mass is 235 g/mol. The molecule has 0 aliphatic carbocycles. The molecule has 3 nitrogen and oxygen atoms in total. The van der Waals surface area contributed by atoms with E-state index in [1.807, 2.05) is 12.1 Å². The van der Waals surface area contributed by atoms with E-state index in [1.165, 1.54) is 5.56 Å². The third-order valence-corrected chi connectivity index (χ3v) is 2.97. The van der Waals surface area contributed by atoms with Gasteiger partial charge in [0.15, 0.2) is 0 Å². The van der Waals surface area contributed by atoms with Gasteiger partial charge in [-0.15, -0.1) is 0 Å². The van der Waals surface area contributed by atoms with Crippen LogP contribution in [0.4, 0.5) is 0 Å². The third kappa shape index (κ3) is 4.15. The summed E-state index contributed by atoms with van der Waals surface area (Å²) in [6, 6.07) is 8.42. The second-order valence-corrected chi connectivity index (χ2v) is 4.98. The molecule has 2 N–H and O–H groups in total. The molecule has 0 heterocycles. The van der Waals surface area contributed by atoms with Gasteiger partial charge in [0.25, 0.3) is 0 Å². The van der Waals surface area contributed by atoms with Gasteiger partial charge in [0.1, 0.15) is 0 Å². The van der Waals surface area contributed by atoms with Crippen LogP contribution in [0.1, 0.15) is 33.3 Å². The smallest absolute Gasteiger partial charge is 0.423 e. The Kier molecular flexibility index (Phi) is 5.18. The molecule has 4 heteroatoms. The fraction of sp³-hybridized carbons (Fsp3) is 0.538. The molecule has 0 aliphatic rings. The van der Waals surface area contributed by atoms with Crippen LogP contribution in [0.25, 0.3) is 0 Å². The summed E-state index contributed by atoms with van der Waals surface area (Å²) in [4.78, 5) is 2.39. The lowest BCUT2D eigenvalue weighted by atomic mass is 9.80. The van der Waals surface area contributed by atoms with E-state index in [0.717, 1.165) is 6.54 Å². The van der Waals surface area contributed by atoms with Gasteiger partial charge in [0.05, 0.1) is 0 Å². The zero-order chi connectivity index (χ0) is 13.0. The van der Waals surface area contributed by atoms with Crippen LogP contribution in [0.5, 0.6) is 0 Å². The quantitative estimate of drug-likeness (QED) is 0.748. The van der Waals surface area contributed by atoms with Crippen molar-refractivity contribution in [2.24, 2.45) is 0 Å². The average Bonchev–Trinajstić information content (AvgIpc) is 2.25. The van der Waals surface area contributed by atoms with E-state index in [1.54, 1.807) is 12.1 Å². The minimum atomic E-state index is -1.38. The van der Waals surface area contributed by atoms with Crippen molar-refractivity contribution < 1.29 is 10.0 Å². The lowest BCUT2D eigenvalue weighted by molar-refractivity contribution is 0.166. The highest BCUT2D eigenvalue weighted by molar-refractivity contribution is 6.58. The molecule has 1 aromatic rings. The molecule has 17 heavy (non-hydrogen) atoms. The van der Waals surface area contributed by atoms with Gasteiger partial charge in [0, 0.05) is 18.6 Å². The summed E-state index contributed by atoms with van der Waals surface area (Å²) in [5.74, 6) is 0. The molecule has 0 spiro atoms. The third-order valence-electron chi connectivity index (χ3n) is 2.97. The normalized spacial score (nSPS) is 11.6. The van der Waals surface area contributed by atoms with Gasteiger partial charge in [-0.25, -0.2) is 0 Å². The topological polar surface area (TPSA) is 43.7 Å². The number of rotatable bonds is 5. The summed E-state index contributed by atoms with van der Waals surface area (Å²) >= 11 is 0. The number of benzene rings is 1. The molecule has 0 bridgehead atoms. The lowest BCUT2D eigenvalue weighted by Gasteiger charge is -2.30. The van der Waals surface area contributed by atoms with Crippen molar-refractivity contribution >= 4 is 12.6 Å². The van der Waals surface area contributed by atoms with Crippen LogP contribution in [0, 0.1) is 0 Å². The Balaban J connectivity index is 2.73. The summed E-state index contributed by atoms with van der Waals surface area (Å²) in [6.45, 7) is 9.63. The first-order valence-corrected chi connectivity index (χ1v) is 6.12. The number of hydrogen-bond acceptors (Lipinski definition) is 3. The van der Waals surface area contributed by atoms with Crippen molar-refractivity contribution in [1.82, 2.24) is 4.90 Å². The van der Waals surface area contributed by atoms with Crippen molar-refractivity contribution in [3.8, 4) is 0 Å². The molecule has 0 radical (unpaired) electrons. The highest BCUT2D eigenvalue weighted by Crippen LogP contribution is 2.11. The predicted molar refractivity (Wildman–Crippen MR) is 72.1 cm³/mol. The van der Waals surface area contributed by atoms with Gasteiger partial charge in [-0.2, -0.15) is 0 Å². The second-order valence-electron chi connectivity index (χ2n) is 4.98. The first kappa shape index (κ1) is 14.2. The van der Waals surface area contributed by atoms with Gasteiger partial charge in [-0.1, -0.05) is 24.3 Å². The number of nitrogens with zero attached hydrogens (tertiary/aromatic N) is 1. The summed E-state index contributed by atoms with van der Waals surface area (Å²) in [7, 11) is -1.38. The Morgan fingerprint density at radius 1 is 1.00 bits per heavy atom. The van der Waals surface area contributed by atoms with Crippen LogP contribution in [0.2, 0.25) is 0 Å². The minimum absolute atomic E-state index is 0.498. The molecule has 1 aromatic carbocycles. The molecule has 0 fully saturated rings. The minimum Gasteiger partial charge on any atom is -0.423 e. The van der Waals surface area contributed by atoms with Crippen LogP contribution in [-0.4, -0.2) is 34.2 Å². The summed E-state index contributed by atoms with van der Waals surface area (Å²) < 4.78 is 0. The zero-order valence-electron chi connectivity index (χ0n) is 11.1. The van der Waals surface area contributed by atoms with Gasteiger partial charge in [0.2, 0.25) is 0 Å². The van der Waals surface area contributed by atoms with Crippen LogP contribution >= 0.6 is 0 Å². The summed E-state index contributed by atoms with van der Waals surface area (Å²) in [5, 5.41) is 18.0. The molecular weight excluding hydrogens is 213 g/mol. The molecule has 0 saturated heterocycles. The molecule has 94 valence electrons. The highest BCUT2D eigenvalue weighted by Gasteiger charge is 2.14. The van der Waals surface area contributed by atoms with E-state index >= 15 is 0 Å². The molecule has 0 aliphatic heterocycles. The first-order valence-electron chi connectivity index (χ1n) is 6.12. The Morgan fingerprint density at radius 2 is 1.47 bits per heavy atom. The van der Waals surface area contributed by atoms with Gasteiger partial charge >= 0.3 is 7.12 Å². The zero-order valence-corrected chi connectivity index (χ0v) is 11.1. The summed E-state index contributed by atoms with van der Waals surface area (Å²) in [6.07, 6.45) is 0. The fourth-order valence-electron chi connectivity index (χ4n) is 1.97. The van der Waals surface area contributed by atoms with Crippen molar-refractivity contribution in [2.75, 3.05) is 0 Å². The maximum atomic E-state index is 9.02. The Morgan fingerprint density at radius 3 is 1.82 bits per heavy atom. The van der Waals surface area contributed by atoms with Crippen LogP contribution in [0.15, 0.2) is 24.3 Å².